The number of benzene rings is 1. The molecule has 0 amide bonds. The van der Waals surface area contributed by atoms with Crippen LogP contribution >= 0.6 is 11.6 Å². The fourth-order valence-electron chi connectivity index (χ4n) is 1.94. The highest BCUT2D eigenvalue weighted by Crippen LogP contribution is 2.27. The molecule has 0 spiro atoms. The van der Waals surface area contributed by atoms with E-state index < -0.39 is 0 Å². The highest BCUT2D eigenvalue weighted by atomic mass is 35.5. The first-order valence-electron chi connectivity index (χ1n) is 6.15. The third-order valence-corrected chi connectivity index (χ3v) is 3.44. The summed E-state index contributed by atoms with van der Waals surface area (Å²) in [4.78, 5) is 0. The molecule has 1 aromatic rings. The third-order valence-electron chi connectivity index (χ3n) is 3.07. The molecule has 1 atom stereocenters. The minimum absolute atomic E-state index is 0.236. The molecule has 90 valence electrons. The van der Waals surface area contributed by atoms with Gasteiger partial charge in [-0.05, 0) is 28.9 Å². The van der Waals surface area contributed by atoms with Crippen molar-refractivity contribution in [1.82, 2.24) is 0 Å². The second-order valence-corrected chi connectivity index (χ2v) is 5.82. The Morgan fingerprint density at radius 2 is 1.69 bits per heavy atom. The van der Waals surface area contributed by atoms with Crippen LogP contribution in [0.1, 0.15) is 57.6 Å². The van der Waals surface area contributed by atoms with Gasteiger partial charge in [0.15, 0.2) is 0 Å². The highest BCUT2D eigenvalue weighted by molar-refractivity contribution is 6.18. The molecule has 0 fully saturated rings. The lowest BCUT2D eigenvalue weighted by atomic mass is 9.85. The Hall–Kier alpha value is -0.490. The van der Waals surface area contributed by atoms with E-state index in [0.717, 1.165) is 5.88 Å². The van der Waals surface area contributed by atoms with Crippen molar-refractivity contribution < 1.29 is 0 Å². The summed E-state index contributed by atoms with van der Waals surface area (Å²) < 4.78 is 0. The van der Waals surface area contributed by atoms with Crippen molar-refractivity contribution in [3.05, 3.63) is 35.4 Å². The van der Waals surface area contributed by atoms with Gasteiger partial charge in [0.25, 0.3) is 0 Å². The molecule has 0 aliphatic rings. The second kappa shape index (κ2) is 5.72. The molecule has 0 radical (unpaired) electrons. The Bertz CT molecular complexity index is 305. The van der Waals surface area contributed by atoms with E-state index in [4.69, 9.17) is 11.6 Å². The number of halogens is 1. The van der Waals surface area contributed by atoms with Gasteiger partial charge in [-0.25, -0.2) is 0 Å². The third kappa shape index (κ3) is 3.52. The first-order chi connectivity index (χ1) is 7.49. The summed E-state index contributed by atoms with van der Waals surface area (Å²) in [5, 5.41) is 0. The lowest BCUT2D eigenvalue weighted by molar-refractivity contribution is 0.589. The van der Waals surface area contributed by atoms with Crippen molar-refractivity contribution in [1.29, 1.82) is 0 Å². The Morgan fingerprint density at radius 3 is 2.06 bits per heavy atom. The van der Waals surface area contributed by atoms with Gasteiger partial charge in [0.05, 0.1) is 0 Å². The fraction of sp³-hybridized carbons (Fsp3) is 0.600. The largest absolute Gasteiger partial charge is 0.126 e. The first kappa shape index (κ1) is 13.6. The van der Waals surface area contributed by atoms with Crippen LogP contribution in [0.25, 0.3) is 0 Å². The zero-order valence-corrected chi connectivity index (χ0v) is 11.6. The summed E-state index contributed by atoms with van der Waals surface area (Å²) in [7, 11) is 0. The molecule has 16 heavy (non-hydrogen) atoms. The van der Waals surface area contributed by atoms with Crippen LogP contribution in [-0.4, -0.2) is 5.88 Å². The minimum atomic E-state index is 0.236. The number of hydrogen-bond donors (Lipinski definition) is 0. The van der Waals surface area contributed by atoms with Gasteiger partial charge in [-0.3, -0.25) is 0 Å². The molecule has 0 aromatic heterocycles. The molecule has 0 nitrogen and oxygen atoms in total. The molecular weight excluding hydrogens is 216 g/mol. The monoisotopic (exact) mass is 238 g/mol. The Labute approximate surface area is 105 Å². The highest BCUT2D eigenvalue weighted by Gasteiger charge is 2.14. The maximum absolute atomic E-state index is 6.01. The SMILES string of the molecule is CCCC(CCl)c1ccc(C(C)(C)C)cc1. The van der Waals surface area contributed by atoms with Crippen molar-refractivity contribution >= 4 is 11.6 Å². The summed E-state index contributed by atoms with van der Waals surface area (Å²) in [5.74, 6) is 1.24. The van der Waals surface area contributed by atoms with Crippen LogP contribution in [0.2, 0.25) is 0 Å². The van der Waals surface area contributed by atoms with Crippen molar-refractivity contribution in [2.24, 2.45) is 0 Å². The Kier molecular flexibility index (Phi) is 4.86. The summed E-state index contributed by atoms with van der Waals surface area (Å²) in [6.45, 7) is 8.94. The van der Waals surface area contributed by atoms with E-state index in [-0.39, 0.29) is 5.41 Å². The van der Waals surface area contributed by atoms with E-state index in [1.165, 1.54) is 24.0 Å². The van der Waals surface area contributed by atoms with E-state index in [9.17, 15) is 0 Å². The molecule has 0 aliphatic heterocycles. The lowest BCUT2D eigenvalue weighted by Gasteiger charge is -2.20. The maximum atomic E-state index is 6.01. The standard InChI is InChI=1S/C15H23Cl/c1-5-6-13(11-16)12-7-9-14(10-8-12)15(2,3)4/h7-10,13H,5-6,11H2,1-4H3. The molecule has 1 unspecified atom stereocenters. The van der Waals surface area contributed by atoms with Gasteiger partial charge in [-0.15, -0.1) is 11.6 Å². The topological polar surface area (TPSA) is 0 Å². The zero-order chi connectivity index (χ0) is 12.2. The number of hydrogen-bond acceptors (Lipinski definition) is 0. The minimum Gasteiger partial charge on any atom is -0.126 e. The van der Waals surface area contributed by atoms with E-state index in [1.54, 1.807) is 0 Å². The Balaban J connectivity index is 2.85. The van der Waals surface area contributed by atoms with Gasteiger partial charge < -0.3 is 0 Å². The van der Waals surface area contributed by atoms with Crippen molar-refractivity contribution in [2.75, 3.05) is 5.88 Å². The van der Waals surface area contributed by atoms with Crippen molar-refractivity contribution in [3.63, 3.8) is 0 Å². The molecule has 0 saturated carbocycles. The zero-order valence-electron chi connectivity index (χ0n) is 10.9. The quantitative estimate of drug-likeness (QED) is 0.640. The molecule has 0 aliphatic carbocycles. The van der Waals surface area contributed by atoms with Gasteiger partial charge in [-0.1, -0.05) is 58.4 Å². The van der Waals surface area contributed by atoms with Gasteiger partial charge >= 0.3 is 0 Å². The van der Waals surface area contributed by atoms with Crippen LogP contribution in [0.5, 0.6) is 0 Å². The van der Waals surface area contributed by atoms with Crippen LogP contribution in [-0.2, 0) is 5.41 Å². The van der Waals surface area contributed by atoms with Gasteiger partial charge in [0, 0.05) is 5.88 Å². The predicted octanol–water partition coefficient (Wildman–Crippen LogP) is 5.11. The smallest absolute Gasteiger partial charge is 0.0292 e. The van der Waals surface area contributed by atoms with E-state index in [2.05, 4.69) is 52.0 Å². The van der Waals surface area contributed by atoms with Crippen LogP contribution in [0, 0.1) is 0 Å². The number of alkyl halides is 1. The van der Waals surface area contributed by atoms with E-state index >= 15 is 0 Å². The van der Waals surface area contributed by atoms with E-state index in [1.807, 2.05) is 0 Å². The summed E-state index contributed by atoms with van der Waals surface area (Å²) in [6.07, 6.45) is 2.37. The first-order valence-corrected chi connectivity index (χ1v) is 6.69. The molecule has 1 rings (SSSR count). The molecule has 0 saturated heterocycles. The molecule has 0 heterocycles. The fourth-order valence-corrected chi connectivity index (χ4v) is 2.27. The lowest BCUT2D eigenvalue weighted by Crippen LogP contribution is -2.11. The predicted molar refractivity (Wildman–Crippen MR) is 73.5 cm³/mol. The van der Waals surface area contributed by atoms with E-state index in [0.29, 0.717) is 5.92 Å². The van der Waals surface area contributed by atoms with Crippen LogP contribution < -0.4 is 0 Å². The molecule has 0 N–H and O–H groups in total. The normalized spacial score (nSPS) is 13.8. The molecule has 1 aromatic carbocycles. The van der Waals surface area contributed by atoms with Crippen LogP contribution in [0.3, 0.4) is 0 Å². The van der Waals surface area contributed by atoms with Gasteiger partial charge in [-0.2, -0.15) is 0 Å². The Morgan fingerprint density at radius 1 is 1.12 bits per heavy atom. The number of rotatable bonds is 4. The van der Waals surface area contributed by atoms with Gasteiger partial charge in [0.1, 0.15) is 0 Å². The van der Waals surface area contributed by atoms with Crippen molar-refractivity contribution in [2.45, 2.75) is 51.9 Å². The van der Waals surface area contributed by atoms with Crippen LogP contribution in [0.15, 0.2) is 24.3 Å². The molecule has 1 heteroatoms. The van der Waals surface area contributed by atoms with Crippen LogP contribution in [0.4, 0.5) is 0 Å². The second-order valence-electron chi connectivity index (χ2n) is 5.51. The molecular formula is C15H23Cl. The summed E-state index contributed by atoms with van der Waals surface area (Å²) >= 11 is 6.01. The summed E-state index contributed by atoms with van der Waals surface area (Å²) in [5.41, 5.74) is 3.01. The van der Waals surface area contributed by atoms with Gasteiger partial charge in [0.2, 0.25) is 0 Å². The molecule has 0 bridgehead atoms. The average molecular weight is 239 g/mol. The summed E-state index contributed by atoms with van der Waals surface area (Å²) in [6, 6.07) is 8.96. The van der Waals surface area contributed by atoms with Crippen molar-refractivity contribution in [3.8, 4) is 0 Å². The average Bonchev–Trinajstić information content (AvgIpc) is 2.25. The maximum Gasteiger partial charge on any atom is 0.0292 e.